The highest BCUT2D eigenvalue weighted by Crippen LogP contribution is 2.34. The standard InChI is InChI=1S/C15H13F3N2O/c1-20(9-12-4-2-3-7-19-12)13-6-5-11(10-21)14(8-13)15(16,17)18/h2-8,10H,9H2,1H3. The normalized spacial score (nSPS) is 11.2. The van der Waals surface area contributed by atoms with Crippen LogP contribution in [0.15, 0.2) is 42.6 Å². The number of pyridine rings is 1. The van der Waals surface area contributed by atoms with Gasteiger partial charge in [-0.1, -0.05) is 6.07 Å². The molecule has 0 saturated carbocycles. The van der Waals surface area contributed by atoms with Crippen LogP contribution in [0, 0.1) is 0 Å². The minimum atomic E-state index is -4.56. The fraction of sp³-hybridized carbons (Fsp3) is 0.200. The molecule has 0 unspecified atom stereocenters. The van der Waals surface area contributed by atoms with Gasteiger partial charge in [0.2, 0.25) is 0 Å². The molecule has 0 aliphatic carbocycles. The van der Waals surface area contributed by atoms with Crippen LogP contribution in [-0.4, -0.2) is 18.3 Å². The smallest absolute Gasteiger partial charge is 0.369 e. The van der Waals surface area contributed by atoms with E-state index in [1.165, 1.54) is 12.1 Å². The largest absolute Gasteiger partial charge is 0.417 e. The van der Waals surface area contributed by atoms with Crippen molar-refractivity contribution in [1.29, 1.82) is 0 Å². The Morgan fingerprint density at radius 2 is 2.00 bits per heavy atom. The van der Waals surface area contributed by atoms with Crippen LogP contribution in [0.3, 0.4) is 0 Å². The highest BCUT2D eigenvalue weighted by atomic mass is 19.4. The number of benzene rings is 1. The zero-order valence-electron chi connectivity index (χ0n) is 11.3. The van der Waals surface area contributed by atoms with E-state index in [0.29, 0.717) is 12.2 Å². The number of carbonyl (C=O) groups excluding carboxylic acids is 1. The molecule has 0 fully saturated rings. The Morgan fingerprint density at radius 3 is 2.57 bits per heavy atom. The van der Waals surface area contributed by atoms with Gasteiger partial charge < -0.3 is 4.90 Å². The van der Waals surface area contributed by atoms with Gasteiger partial charge in [-0.15, -0.1) is 0 Å². The summed E-state index contributed by atoms with van der Waals surface area (Å²) in [5, 5.41) is 0. The number of rotatable bonds is 4. The molecule has 1 heterocycles. The number of hydrogen-bond donors (Lipinski definition) is 0. The summed E-state index contributed by atoms with van der Waals surface area (Å²) in [6.07, 6.45) is -2.72. The molecule has 0 atom stereocenters. The van der Waals surface area contributed by atoms with E-state index in [2.05, 4.69) is 4.98 Å². The van der Waals surface area contributed by atoms with Gasteiger partial charge >= 0.3 is 6.18 Å². The highest BCUT2D eigenvalue weighted by molar-refractivity contribution is 5.79. The van der Waals surface area contributed by atoms with Crippen molar-refractivity contribution in [3.05, 3.63) is 59.4 Å². The third-order valence-corrected chi connectivity index (χ3v) is 3.04. The third kappa shape index (κ3) is 3.59. The van der Waals surface area contributed by atoms with E-state index in [0.717, 1.165) is 11.8 Å². The second-order valence-corrected chi connectivity index (χ2v) is 4.56. The quantitative estimate of drug-likeness (QED) is 0.809. The molecular formula is C15H13F3N2O. The van der Waals surface area contributed by atoms with Crippen LogP contribution < -0.4 is 4.90 Å². The lowest BCUT2D eigenvalue weighted by molar-refractivity contribution is -0.137. The third-order valence-electron chi connectivity index (χ3n) is 3.04. The molecule has 21 heavy (non-hydrogen) atoms. The van der Waals surface area contributed by atoms with Crippen molar-refractivity contribution in [2.45, 2.75) is 12.7 Å². The van der Waals surface area contributed by atoms with Crippen LogP contribution in [0.2, 0.25) is 0 Å². The molecular weight excluding hydrogens is 281 g/mol. The van der Waals surface area contributed by atoms with E-state index in [-0.39, 0.29) is 11.8 Å². The van der Waals surface area contributed by atoms with Crippen molar-refractivity contribution in [2.24, 2.45) is 0 Å². The molecule has 2 rings (SSSR count). The fourth-order valence-electron chi connectivity index (χ4n) is 1.96. The van der Waals surface area contributed by atoms with E-state index < -0.39 is 11.7 Å². The van der Waals surface area contributed by atoms with E-state index in [9.17, 15) is 18.0 Å². The maximum Gasteiger partial charge on any atom is 0.417 e. The molecule has 0 radical (unpaired) electrons. The fourth-order valence-corrected chi connectivity index (χ4v) is 1.96. The Labute approximate surface area is 120 Å². The average Bonchev–Trinajstić information content (AvgIpc) is 2.46. The summed E-state index contributed by atoms with van der Waals surface area (Å²) in [6.45, 7) is 0.374. The molecule has 6 heteroatoms. The molecule has 110 valence electrons. The summed E-state index contributed by atoms with van der Waals surface area (Å²) in [5.41, 5.74) is -0.174. The van der Waals surface area contributed by atoms with Gasteiger partial charge in [-0.05, 0) is 30.3 Å². The predicted octanol–water partition coefficient (Wildman–Crippen LogP) is 3.55. The van der Waals surface area contributed by atoms with E-state index in [1.807, 2.05) is 6.07 Å². The second-order valence-electron chi connectivity index (χ2n) is 4.56. The minimum Gasteiger partial charge on any atom is -0.369 e. The van der Waals surface area contributed by atoms with Crippen molar-refractivity contribution in [2.75, 3.05) is 11.9 Å². The lowest BCUT2D eigenvalue weighted by Gasteiger charge is -2.21. The summed E-state index contributed by atoms with van der Waals surface area (Å²) in [7, 11) is 1.67. The molecule has 0 saturated heterocycles. The van der Waals surface area contributed by atoms with E-state index in [1.54, 1.807) is 30.3 Å². The Hall–Kier alpha value is -2.37. The molecule has 1 aromatic heterocycles. The SMILES string of the molecule is CN(Cc1ccccn1)c1ccc(C=O)c(C(F)(F)F)c1. The number of hydrogen-bond acceptors (Lipinski definition) is 3. The number of anilines is 1. The van der Waals surface area contributed by atoms with Gasteiger partial charge in [0.05, 0.1) is 17.8 Å². The summed E-state index contributed by atoms with van der Waals surface area (Å²) in [6, 6.07) is 9.02. The molecule has 1 aromatic carbocycles. The van der Waals surface area contributed by atoms with Gasteiger partial charge in [0.25, 0.3) is 0 Å². The first kappa shape index (κ1) is 15.0. The average molecular weight is 294 g/mol. The van der Waals surface area contributed by atoms with Crippen LogP contribution in [0.1, 0.15) is 21.6 Å². The number of nitrogens with zero attached hydrogens (tertiary/aromatic N) is 2. The van der Waals surface area contributed by atoms with Crippen LogP contribution >= 0.6 is 0 Å². The summed E-state index contributed by atoms with van der Waals surface area (Å²) in [5.74, 6) is 0. The molecule has 3 nitrogen and oxygen atoms in total. The van der Waals surface area contributed by atoms with Gasteiger partial charge in [0.15, 0.2) is 6.29 Å². The first-order chi connectivity index (χ1) is 9.91. The van der Waals surface area contributed by atoms with Crippen molar-refractivity contribution < 1.29 is 18.0 Å². The van der Waals surface area contributed by atoms with Crippen LogP contribution in [-0.2, 0) is 12.7 Å². The van der Waals surface area contributed by atoms with Crippen molar-refractivity contribution in [1.82, 2.24) is 4.98 Å². The zero-order chi connectivity index (χ0) is 15.5. The van der Waals surface area contributed by atoms with Crippen LogP contribution in [0.4, 0.5) is 18.9 Å². The van der Waals surface area contributed by atoms with E-state index in [4.69, 9.17) is 0 Å². The number of carbonyl (C=O) groups is 1. The monoisotopic (exact) mass is 294 g/mol. The lowest BCUT2D eigenvalue weighted by Crippen LogP contribution is -2.18. The van der Waals surface area contributed by atoms with Gasteiger partial charge in [0.1, 0.15) is 0 Å². The Kier molecular flexibility index (Phi) is 4.26. The van der Waals surface area contributed by atoms with Crippen molar-refractivity contribution in [3.8, 4) is 0 Å². The van der Waals surface area contributed by atoms with Gasteiger partial charge in [-0.2, -0.15) is 13.2 Å². The second kappa shape index (κ2) is 5.95. The van der Waals surface area contributed by atoms with Crippen molar-refractivity contribution >= 4 is 12.0 Å². The molecule has 2 aromatic rings. The molecule has 0 N–H and O–H groups in total. The summed E-state index contributed by atoms with van der Waals surface area (Å²) in [4.78, 5) is 16.5. The first-order valence-electron chi connectivity index (χ1n) is 6.19. The van der Waals surface area contributed by atoms with Gasteiger partial charge in [-0.3, -0.25) is 9.78 Å². The Morgan fingerprint density at radius 1 is 1.24 bits per heavy atom. The summed E-state index contributed by atoms with van der Waals surface area (Å²) >= 11 is 0. The number of aromatic nitrogens is 1. The molecule has 0 aliphatic heterocycles. The van der Waals surface area contributed by atoms with Gasteiger partial charge in [-0.25, -0.2) is 0 Å². The van der Waals surface area contributed by atoms with Gasteiger partial charge in [0, 0.05) is 24.5 Å². The lowest BCUT2D eigenvalue weighted by atomic mass is 10.1. The maximum atomic E-state index is 12.9. The predicted molar refractivity (Wildman–Crippen MR) is 73.2 cm³/mol. The Balaban J connectivity index is 2.30. The molecule has 0 amide bonds. The van der Waals surface area contributed by atoms with E-state index >= 15 is 0 Å². The highest BCUT2D eigenvalue weighted by Gasteiger charge is 2.33. The number of alkyl halides is 3. The van der Waals surface area contributed by atoms with Crippen LogP contribution in [0.5, 0.6) is 0 Å². The maximum absolute atomic E-state index is 12.9. The molecule has 0 aliphatic rings. The topological polar surface area (TPSA) is 33.2 Å². The first-order valence-corrected chi connectivity index (χ1v) is 6.19. The number of halogens is 3. The zero-order valence-corrected chi connectivity index (χ0v) is 11.3. The summed E-state index contributed by atoms with van der Waals surface area (Å²) < 4.78 is 38.7. The number of aldehydes is 1. The van der Waals surface area contributed by atoms with Crippen molar-refractivity contribution in [3.63, 3.8) is 0 Å². The molecule has 0 spiro atoms. The van der Waals surface area contributed by atoms with Crippen LogP contribution in [0.25, 0.3) is 0 Å². The molecule has 0 bridgehead atoms. The Bertz CT molecular complexity index is 627. The minimum absolute atomic E-state index is 0.214.